The van der Waals surface area contributed by atoms with E-state index in [1.165, 1.54) is 5.56 Å². The zero-order valence-corrected chi connectivity index (χ0v) is 12.2. The first-order valence-electron chi connectivity index (χ1n) is 6.46. The molecule has 1 fully saturated rings. The van der Waals surface area contributed by atoms with Crippen LogP contribution in [0.15, 0.2) is 48.5 Å². The summed E-state index contributed by atoms with van der Waals surface area (Å²) in [5.74, 6) is 0.420. The van der Waals surface area contributed by atoms with Crippen LogP contribution in [0.5, 0.6) is 0 Å². The summed E-state index contributed by atoms with van der Waals surface area (Å²) in [6, 6.07) is 15.2. The number of carbonyl (C=O) groups is 1. The number of benzene rings is 2. The van der Waals surface area contributed by atoms with Gasteiger partial charge in [-0.25, -0.2) is 0 Å². The highest BCUT2D eigenvalue weighted by molar-refractivity contribution is 6.42. The van der Waals surface area contributed by atoms with E-state index in [1.807, 2.05) is 18.2 Å². The molecule has 0 spiro atoms. The quantitative estimate of drug-likeness (QED) is 0.872. The lowest BCUT2D eigenvalue weighted by Gasteiger charge is -2.06. The van der Waals surface area contributed by atoms with Crippen LogP contribution in [0.2, 0.25) is 10.0 Å². The van der Waals surface area contributed by atoms with Crippen molar-refractivity contribution in [3.05, 3.63) is 64.1 Å². The monoisotopic (exact) mass is 305 g/mol. The molecule has 2 aromatic rings. The summed E-state index contributed by atoms with van der Waals surface area (Å²) in [6.07, 6.45) is 0.900. The smallest absolute Gasteiger partial charge is 0.228 e. The summed E-state index contributed by atoms with van der Waals surface area (Å²) in [7, 11) is 0. The first-order valence-corrected chi connectivity index (χ1v) is 7.21. The number of hydrogen-bond donors (Lipinski definition) is 1. The molecule has 1 aliphatic rings. The molecule has 0 unspecified atom stereocenters. The molecule has 3 rings (SSSR count). The maximum Gasteiger partial charge on any atom is 0.228 e. The average molecular weight is 306 g/mol. The Bertz CT molecular complexity index is 642. The number of carbonyl (C=O) groups excluding carboxylic acids is 1. The molecule has 102 valence electrons. The lowest BCUT2D eigenvalue weighted by molar-refractivity contribution is -0.117. The van der Waals surface area contributed by atoms with E-state index in [2.05, 4.69) is 17.4 Å². The number of nitrogens with one attached hydrogen (secondary N) is 1. The Labute approximate surface area is 127 Å². The van der Waals surface area contributed by atoms with Gasteiger partial charge in [-0.05, 0) is 36.1 Å². The van der Waals surface area contributed by atoms with E-state index in [0.717, 1.165) is 6.42 Å². The molecule has 4 heteroatoms. The molecule has 0 radical (unpaired) electrons. The summed E-state index contributed by atoms with van der Waals surface area (Å²) in [5.41, 5.74) is 1.91. The lowest BCUT2D eigenvalue weighted by atomic mass is 10.1. The Hall–Kier alpha value is -1.51. The molecule has 1 N–H and O–H groups in total. The molecular formula is C16H13Cl2NO. The Morgan fingerprint density at radius 1 is 1.05 bits per heavy atom. The van der Waals surface area contributed by atoms with E-state index in [9.17, 15) is 4.79 Å². The van der Waals surface area contributed by atoms with Gasteiger partial charge in [0.15, 0.2) is 0 Å². The van der Waals surface area contributed by atoms with Gasteiger partial charge in [-0.3, -0.25) is 4.79 Å². The van der Waals surface area contributed by atoms with E-state index >= 15 is 0 Å². The molecule has 20 heavy (non-hydrogen) atoms. The first-order chi connectivity index (χ1) is 9.65. The maximum atomic E-state index is 12.2. The van der Waals surface area contributed by atoms with Crippen LogP contribution in [0.25, 0.3) is 0 Å². The van der Waals surface area contributed by atoms with Crippen LogP contribution in [0.1, 0.15) is 17.9 Å². The van der Waals surface area contributed by atoms with Gasteiger partial charge in [0.25, 0.3) is 0 Å². The fraction of sp³-hybridized carbons (Fsp3) is 0.188. The summed E-state index contributed by atoms with van der Waals surface area (Å²) >= 11 is 11.8. The van der Waals surface area contributed by atoms with Gasteiger partial charge >= 0.3 is 0 Å². The minimum Gasteiger partial charge on any atom is -0.326 e. The van der Waals surface area contributed by atoms with Gasteiger partial charge in [0.2, 0.25) is 5.91 Å². The second-order valence-corrected chi connectivity index (χ2v) is 5.79. The summed E-state index contributed by atoms with van der Waals surface area (Å²) < 4.78 is 0. The zero-order valence-electron chi connectivity index (χ0n) is 10.6. The molecule has 0 heterocycles. The highest BCUT2D eigenvalue weighted by Crippen LogP contribution is 2.47. The zero-order chi connectivity index (χ0) is 14.1. The molecule has 0 aliphatic heterocycles. The van der Waals surface area contributed by atoms with Gasteiger partial charge in [0.1, 0.15) is 0 Å². The van der Waals surface area contributed by atoms with Gasteiger partial charge in [0, 0.05) is 11.6 Å². The SMILES string of the molecule is O=C(Nc1ccc(Cl)c(Cl)c1)[C@H]1C[C@H]1c1ccccc1. The molecule has 1 aliphatic carbocycles. The molecule has 0 saturated heterocycles. The van der Waals surface area contributed by atoms with E-state index in [-0.39, 0.29) is 11.8 Å². The molecule has 1 amide bonds. The second-order valence-electron chi connectivity index (χ2n) is 4.98. The van der Waals surface area contributed by atoms with Crippen molar-refractivity contribution in [3.8, 4) is 0 Å². The average Bonchev–Trinajstić information content (AvgIpc) is 3.24. The van der Waals surface area contributed by atoms with Crippen LogP contribution in [-0.2, 0) is 4.79 Å². The predicted molar refractivity (Wildman–Crippen MR) is 82.4 cm³/mol. The standard InChI is InChI=1S/C16H13Cl2NO/c17-14-7-6-11(8-15(14)18)19-16(20)13-9-12(13)10-4-2-1-3-5-10/h1-8,12-13H,9H2,(H,19,20)/t12-,13-/m0/s1. The minimum absolute atomic E-state index is 0.0391. The maximum absolute atomic E-state index is 12.2. The number of halogens is 2. The lowest BCUT2D eigenvalue weighted by Crippen LogP contribution is -2.14. The van der Waals surface area contributed by atoms with Gasteiger partial charge in [-0.1, -0.05) is 53.5 Å². The first kappa shape index (κ1) is 13.5. The highest BCUT2D eigenvalue weighted by atomic mass is 35.5. The highest BCUT2D eigenvalue weighted by Gasteiger charge is 2.43. The van der Waals surface area contributed by atoms with Crippen LogP contribution in [0, 0.1) is 5.92 Å². The van der Waals surface area contributed by atoms with Gasteiger partial charge in [-0.2, -0.15) is 0 Å². The van der Waals surface area contributed by atoms with Crippen molar-refractivity contribution >= 4 is 34.8 Å². The second kappa shape index (κ2) is 5.47. The van der Waals surface area contributed by atoms with Crippen LogP contribution >= 0.6 is 23.2 Å². The molecule has 1 saturated carbocycles. The van der Waals surface area contributed by atoms with Crippen LogP contribution in [0.3, 0.4) is 0 Å². The van der Waals surface area contributed by atoms with Crippen molar-refractivity contribution in [3.63, 3.8) is 0 Å². The topological polar surface area (TPSA) is 29.1 Å². The Morgan fingerprint density at radius 3 is 2.50 bits per heavy atom. The Balaban J connectivity index is 1.65. The van der Waals surface area contributed by atoms with Gasteiger partial charge < -0.3 is 5.32 Å². The molecule has 2 nitrogen and oxygen atoms in total. The number of anilines is 1. The largest absolute Gasteiger partial charge is 0.326 e. The number of rotatable bonds is 3. The number of amides is 1. The van der Waals surface area contributed by atoms with E-state index in [1.54, 1.807) is 18.2 Å². The fourth-order valence-corrected chi connectivity index (χ4v) is 2.66. The van der Waals surface area contributed by atoms with Crippen molar-refractivity contribution in [1.82, 2.24) is 0 Å². The summed E-state index contributed by atoms with van der Waals surface area (Å²) in [4.78, 5) is 12.2. The molecule has 2 atom stereocenters. The van der Waals surface area contributed by atoms with Crippen molar-refractivity contribution < 1.29 is 4.79 Å². The molecule has 0 aromatic heterocycles. The summed E-state index contributed by atoms with van der Waals surface area (Å²) in [6.45, 7) is 0. The van der Waals surface area contributed by atoms with E-state index in [0.29, 0.717) is 21.7 Å². The molecule has 0 bridgehead atoms. The van der Waals surface area contributed by atoms with Crippen LogP contribution in [0.4, 0.5) is 5.69 Å². The van der Waals surface area contributed by atoms with Gasteiger partial charge in [-0.15, -0.1) is 0 Å². The molecular weight excluding hydrogens is 293 g/mol. The van der Waals surface area contributed by atoms with E-state index in [4.69, 9.17) is 23.2 Å². The third-order valence-corrected chi connectivity index (χ3v) is 4.28. The van der Waals surface area contributed by atoms with Crippen LogP contribution in [-0.4, -0.2) is 5.91 Å². The van der Waals surface area contributed by atoms with Crippen molar-refractivity contribution in [2.45, 2.75) is 12.3 Å². The Kier molecular flexibility index (Phi) is 3.68. The molecule has 2 aromatic carbocycles. The fourth-order valence-electron chi connectivity index (χ4n) is 2.36. The van der Waals surface area contributed by atoms with Crippen LogP contribution < -0.4 is 5.32 Å². The van der Waals surface area contributed by atoms with E-state index < -0.39 is 0 Å². The van der Waals surface area contributed by atoms with Crippen molar-refractivity contribution in [2.75, 3.05) is 5.32 Å². The third kappa shape index (κ3) is 2.82. The Morgan fingerprint density at radius 2 is 1.80 bits per heavy atom. The van der Waals surface area contributed by atoms with Gasteiger partial charge in [0.05, 0.1) is 10.0 Å². The summed E-state index contributed by atoms with van der Waals surface area (Å²) in [5, 5.41) is 3.82. The third-order valence-electron chi connectivity index (χ3n) is 3.54. The predicted octanol–water partition coefficient (Wildman–Crippen LogP) is 4.74. The normalized spacial score (nSPS) is 20.5. The van der Waals surface area contributed by atoms with Crippen molar-refractivity contribution in [2.24, 2.45) is 5.92 Å². The minimum atomic E-state index is 0.0391. The van der Waals surface area contributed by atoms with Crippen molar-refractivity contribution in [1.29, 1.82) is 0 Å². The number of hydrogen-bond acceptors (Lipinski definition) is 1.